The molecule has 7 heteroatoms. The van der Waals surface area contributed by atoms with Gasteiger partial charge in [-0.1, -0.05) is 0 Å². The second-order valence-electron chi connectivity index (χ2n) is 3.06. The van der Waals surface area contributed by atoms with E-state index in [9.17, 15) is 4.79 Å². The zero-order valence-electron chi connectivity index (χ0n) is 9.21. The molecule has 2 heterocycles. The van der Waals surface area contributed by atoms with Crippen molar-refractivity contribution < 1.29 is 13.9 Å². The van der Waals surface area contributed by atoms with E-state index in [0.717, 1.165) is 0 Å². The summed E-state index contributed by atoms with van der Waals surface area (Å²) in [4.78, 5) is 15.4. The molecule has 2 aromatic rings. The number of esters is 1. The summed E-state index contributed by atoms with van der Waals surface area (Å²) in [7, 11) is 1.33. The highest BCUT2D eigenvalue weighted by atomic mass is 32.2. The molecule has 0 radical (unpaired) electrons. The smallest absolute Gasteiger partial charge is 0.337 e. The second-order valence-corrected chi connectivity index (χ2v) is 4.04. The van der Waals surface area contributed by atoms with E-state index in [1.807, 2.05) is 0 Å². The molecule has 88 valence electrons. The average molecular weight is 251 g/mol. The molecule has 0 bridgehead atoms. The number of aromatic nitrogens is 3. The number of nitrogens with zero attached hydrogens (tertiary/aromatic N) is 3. The molecule has 0 N–H and O–H groups in total. The summed E-state index contributed by atoms with van der Waals surface area (Å²) < 4.78 is 9.82. The number of hydrogen-bond acceptors (Lipinski definition) is 7. The highest BCUT2D eigenvalue weighted by molar-refractivity contribution is 7.99. The zero-order chi connectivity index (χ0) is 12.3. The first-order valence-electron chi connectivity index (χ1n) is 4.71. The number of carbonyl (C=O) groups excluding carboxylic acids is 1. The Morgan fingerprint density at radius 3 is 2.94 bits per heavy atom. The van der Waals surface area contributed by atoms with Crippen LogP contribution in [0.3, 0.4) is 0 Å². The molecule has 6 nitrogen and oxygen atoms in total. The molecule has 0 atom stereocenters. The second kappa shape index (κ2) is 4.96. The standard InChI is InChI=1S/C10H9N3O3S/c1-6-12-13-10(16-6)17-8-5-7(3-4-11-8)9(14)15-2/h3-5H,1-2H3. The van der Waals surface area contributed by atoms with Gasteiger partial charge in [-0.15, -0.1) is 10.2 Å². The minimum atomic E-state index is -0.407. The number of rotatable bonds is 3. The van der Waals surface area contributed by atoms with Crippen LogP contribution in [0.15, 0.2) is 33.0 Å². The Balaban J connectivity index is 2.19. The number of carbonyl (C=O) groups is 1. The zero-order valence-corrected chi connectivity index (χ0v) is 10.0. The Hall–Kier alpha value is -1.89. The maximum atomic E-state index is 11.3. The SMILES string of the molecule is COC(=O)c1ccnc(Sc2nnc(C)o2)c1. The Labute approximate surface area is 101 Å². The first-order chi connectivity index (χ1) is 8.19. The summed E-state index contributed by atoms with van der Waals surface area (Å²) in [5, 5.41) is 8.51. The quantitative estimate of drug-likeness (QED) is 0.768. The predicted molar refractivity (Wildman–Crippen MR) is 58.7 cm³/mol. The van der Waals surface area contributed by atoms with Gasteiger partial charge in [0.2, 0.25) is 5.89 Å². The summed E-state index contributed by atoms with van der Waals surface area (Å²) in [6, 6.07) is 3.19. The van der Waals surface area contributed by atoms with Crippen LogP contribution in [0.1, 0.15) is 16.2 Å². The largest absolute Gasteiger partial charge is 0.465 e. The van der Waals surface area contributed by atoms with Gasteiger partial charge in [0.15, 0.2) is 0 Å². The number of pyridine rings is 1. The first-order valence-corrected chi connectivity index (χ1v) is 5.53. The number of aryl methyl sites for hydroxylation is 1. The van der Waals surface area contributed by atoms with Crippen LogP contribution in [0, 0.1) is 6.92 Å². The summed E-state index contributed by atoms with van der Waals surface area (Å²) in [5.41, 5.74) is 0.432. The van der Waals surface area contributed by atoms with Crippen molar-refractivity contribution in [1.82, 2.24) is 15.2 Å². The van der Waals surface area contributed by atoms with Crippen LogP contribution in [-0.2, 0) is 4.74 Å². The van der Waals surface area contributed by atoms with E-state index >= 15 is 0 Å². The van der Waals surface area contributed by atoms with E-state index < -0.39 is 5.97 Å². The van der Waals surface area contributed by atoms with E-state index in [1.165, 1.54) is 25.1 Å². The lowest BCUT2D eigenvalue weighted by Gasteiger charge is -2.00. The maximum absolute atomic E-state index is 11.3. The highest BCUT2D eigenvalue weighted by Gasteiger charge is 2.10. The molecule has 0 unspecified atom stereocenters. The van der Waals surface area contributed by atoms with Crippen molar-refractivity contribution in [3.63, 3.8) is 0 Å². The van der Waals surface area contributed by atoms with Gasteiger partial charge in [-0.2, -0.15) is 0 Å². The van der Waals surface area contributed by atoms with Crippen molar-refractivity contribution >= 4 is 17.7 Å². The minimum absolute atomic E-state index is 0.386. The fourth-order valence-electron chi connectivity index (χ4n) is 1.12. The molecule has 2 rings (SSSR count). The van der Waals surface area contributed by atoms with E-state index in [1.54, 1.807) is 19.1 Å². The van der Waals surface area contributed by atoms with Gasteiger partial charge in [-0.25, -0.2) is 9.78 Å². The number of methoxy groups -OCH3 is 1. The molecule has 0 amide bonds. The molecule has 17 heavy (non-hydrogen) atoms. The van der Waals surface area contributed by atoms with Crippen LogP contribution >= 0.6 is 11.8 Å². The third-order valence-corrected chi connectivity index (χ3v) is 2.63. The Morgan fingerprint density at radius 1 is 1.47 bits per heavy atom. The lowest BCUT2D eigenvalue weighted by atomic mass is 10.3. The van der Waals surface area contributed by atoms with Crippen molar-refractivity contribution in [2.45, 2.75) is 17.2 Å². The topological polar surface area (TPSA) is 78.1 Å². The van der Waals surface area contributed by atoms with Crippen LogP contribution in [0.5, 0.6) is 0 Å². The lowest BCUT2D eigenvalue weighted by molar-refractivity contribution is 0.0600. The van der Waals surface area contributed by atoms with E-state index in [0.29, 0.717) is 21.7 Å². The van der Waals surface area contributed by atoms with Gasteiger partial charge in [0.1, 0.15) is 5.03 Å². The van der Waals surface area contributed by atoms with Crippen molar-refractivity contribution in [3.8, 4) is 0 Å². The predicted octanol–water partition coefficient (Wildman–Crippen LogP) is 1.71. The van der Waals surface area contributed by atoms with Gasteiger partial charge >= 0.3 is 5.97 Å². The molecule has 0 fully saturated rings. The number of ether oxygens (including phenoxy) is 1. The van der Waals surface area contributed by atoms with Crippen LogP contribution in [-0.4, -0.2) is 28.3 Å². The Bertz CT molecular complexity index is 541. The normalized spacial score (nSPS) is 10.2. The molecular formula is C10H9N3O3S. The molecule has 2 aromatic heterocycles. The van der Waals surface area contributed by atoms with Crippen molar-refractivity contribution in [1.29, 1.82) is 0 Å². The molecule has 0 aliphatic rings. The van der Waals surface area contributed by atoms with Gasteiger partial charge in [0.05, 0.1) is 12.7 Å². The Kier molecular flexibility index (Phi) is 3.38. The van der Waals surface area contributed by atoms with Gasteiger partial charge in [-0.05, 0) is 23.9 Å². The highest BCUT2D eigenvalue weighted by Crippen LogP contribution is 2.24. The van der Waals surface area contributed by atoms with Gasteiger partial charge in [0, 0.05) is 13.1 Å². The molecule has 0 aromatic carbocycles. The molecule has 0 saturated heterocycles. The van der Waals surface area contributed by atoms with Crippen LogP contribution in [0.25, 0.3) is 0 Å². The molecular weight excluding hydrogens is 242 g/mol. The van der Waals surface area contributed by atoms with E-state index in [-0.39, 0.29) is 0 Å². The van der Waals surface area contributed by atoms with E-state index in [4.69, 9.17) is 4.42 Å². The summed E-state index contributed by atoms with van der Waals surface area (Å²) >= 11 is 1.19. The fraction of sp³-hybridized carbons (Fsp3) is 0.200. The van der Waals surface area contributed by atoms with E-state index in [2.05, 4.69) is 19.9 Å². The third-order valence-electron chi connectivity index (χ3n) is 1.86. The molecule has 0 aliphatic heterocycles. The minimum Gasteiger partial charge on any atom is -0.465 e. The molecule has 0 aliphatic carbocycles. The lowest BCUT2D eigenvalue weighted by Crippen LogP contribution is -2.01. The first kappa shape index (κ1) is 11.6. The van der Waals surface area contributed by atoms with Crippen LogP contribution in [0.4, 0.5) is 0 Å². The fourth-order valence-corrected chi connectivity index (χ4v) is 1.84. The third kappa shape index (κ3) is 2.82. The summed E-state index contributed by atoms with van der Waals surface area (Å²) in [6.07, 6.45) is 1.53. The average Bonchev–Trinajstić information content (AvgIpc) is 2.74. The summed E-state index contributed by atoms with van der Waals surface area (Å²) in [5.74, 6) is 0.0765. The monoisotopic (exact) mass is 251 g/mol. The van der Waals surface area contributed by atoms with Gasteiger partial charge in [-0.3, -0.25) is 0 Å². The molecule has 0 spiro atoms. The van der Waals surface area contributed by atoms with Crippen molar-refractivity contribution in [2.24, 2.45) is 0 Å². The number of hydrogen-bond donors (Lipinski definition) is 0. The maximum Gasteiger partial charge on any atom is 0.337 e. The van der Waals surface area contributed by atoms with Crippen LogP contribution in [0.2, 0.25) is 0 Å². The van der Waals surface area contributed by atoms with Gasteiger partial charge in [0.25, 0.3) is 5.22 Å². The molecule has 0 saturated carbocycles. The van der Waals surface area contributed by atoms with Crippen LogP contribution < -0.4 is 0 Å². The van der Waals surface area contributed by atoms with Crippen molar-refractivity contribution in [2.75, 3.05) is 7.11 Å². The van der Waals surface area contributed by atoms with Gasteiger partial charge < -0.3 is 9.15 Å². The Morgan fingerprint density at radius 2 is 2.29 bits per heavy atom. The van der Waals surface area contributed by atoms with Crippen molar-refractivity contribution in [3.05, 3.63) is 29.8 Å². The summed E-state index contributed by atoms with van der Waals surface area (Å²) in [6.45, 7) is 1.70.